The normalized spacial score (nSPS) is 9.60. The first-order valence-electron chi connectivity index (χ1n) is 1.63. The van der Waals surface area contributed by atoms with E-state index in [9.17, 15) is 0 Å². The van der Waals surface area contributed by atoms with Gasteiger partial charge in [-0.1, -0.05) is 6.92 Å². The van der Waals surface area contributed by atoms with Crippen LogP contribution in [-0.2, 0) is 0 Å². The van der Waals surface area contributed by atoms with Crippen molar-refractivity contribution in [2.45, 2.75) is 12.2 Å². The zero-order chi connectivity index (χ0) is 4.28. The van der Waals surface area contributed by atoms with Crippen LogP contribution in [0.4, 0.5) is 0 Å². The summed E-state index contributed by atoms with van der Waals surface area (Å²) in [6.07, 6.45) is 2.05. The van der Waals surface area contributed by atoms with Gasteiger partial charge in [0.15, 0.2) is 0 Å². The average molecular weight is 89.2 g/mol. The molecule has 0 heterocycles. The van der Waals surface area contributed by atoms with E-state index in [2.05, 4.69) is 20.1 Å². The van der Waals surface area contributed by atoms with E-state index in [1.54, 1.807) is 11.8 Å². The molecule has 1 atom stereocenters. The van der Waals surface area contributed by atoms with Crippen LogP contribution < -0.4 is 0 Å². The molecule has 5 heavy (non-hydrogen) atoms. The van der Waals surface area contributed by atoms with Gasteiger partial charge in [0.05, 0.1) is 0 Å². The van der Waals surface area contributed by atoms with Gasteiger partial charge in [0.25, 0.3) is 0 Å². The van der Waals surface area contributed by atoms with Crippen LogP contribution in [-0.4, -0.2) is 11.5 Å². The molecule has 0 amide bonds. The minimum Gasteiger partial charge on any atom is -0.162 e. The number of hydrogen-bond donors (Lipinski definition) is 0. The van der Waals surface area contributed by atoms with E-state index in [1.165, 1.54) is 0 Å². The second-order valence-electron chi connectivity index (χ2n) is 1.05. The molecule has 1 unspecified atom stereocenters. The Kier molecular flexibility index (Phi) is 2.76. The highest BCUT2D eigenvalue weighted by atomic mass is 32.2. The van der Waals surface area contributed by atoms with Crippen molar-refractivity contribution in [3.63, 3.8) is 0 Å². The predicted molar refractivity (Wildman–Crippen MR) is 28.3 cm³/mol. The van der Waals surface area contributed by atoms with Gasteiger partial charge in [-0.05, 0) is 13.2 Å². The van der Waals surface area contributed by atoms with Gasteiger partial charge < -0.3 is 0 Å². The van der Waals surface area contributed by atoms with Crippen LogP contribution in [0.25, 0.3) is 0 Å². The summed E-state index contributed by atoms with van der Waals surface area (Å²) in [6.45, 7) is 5.79. The Morgan fingerprint density at radius 1 is 1.80 bits per heavy atom. The smallest absolute Gasteiger partial charge is 0.00163 e. The highest BCUT2D eigenvalue weighted by Crippen LogP contribution is 1.99. The van der Waals surface area contributed by atoms with E-state index in [4.69, 9.17) is 0 Å². The summed E-state index contributed by atoms with van der Waals surface area (Å²) < 4.78 is 0. The third-order valence-electron chi connectivity index (χ3n) is 0.402. The minimum atomic E-state index is 0.551. The highest BCUT2D eigenvalue weighted by Gasteiger charge is 1.80. The molecule has 0 saturated heterocycles. The molecule has 31 valence electrons. The van der Waals surface area contributed by atoms with Gasteiger partial charge >= 0.3 is 0 Å². The number of hydrogen-bond acceptors (Lipinski definition) is 1. The molecule has 0 aliphatic rings. The van der Waals surface area contributed by atoms with Gasteiger partial charge in [0.2, 0.25) is 0 Å². The molecular formula is C4H9S. The summed E-state index contributed by atoms with van der Waals surface area (Å²) >= 11 is 1.77. The number of rotatable bonds is 1. The van der Waals surface area contributed by atoms with Gasteiger partial charge in [-0.15, -0.1) is 0 Å². The second-order valence-corrected chi connectivity index (χ2v) is 2.32. The van der Waals surface area contributed by atoms with Gasteiger partial charge in [0, 0.05) is 5.25 Å². The maximum atomic E-state index is 3.72. The Bertz CT molecular complexity index is 17.6. The molecule has 0 aromatic rings. The third-order valence-corrected chi connectivity index (χ3v) is 1.21. The quantitative estimate of drug-likeness (QED) is 0.470. The Morgan fingerprint density at radius 3 is 2.00 bits per heavy atom. The van der Waals surface area contributed by atoms with E-state index >= 15 is 0 Å². The topological polar surface area (TPSA) is 0 Å². The minimum absolute atomic E-state index is 0.551. The van der Waals surface area contributed by atoms with E-state index in [0.29, 0.717) is 5.25 Å². The van der Waals surface area contributed by atoms with Gasteiger partial charge in [-0.2, -0.15) is 11.8 Å². The summed E-state index contributed by atoms with van der Waals surface area (Å²) in [5.74, 6) is 0. The van der Waals surface area contributed by atoms with Crippen LogP contribution in [0.5, 0.6) is 0 Å². The van der Waals surface area contributed by atoms with Crippen molar-refractivity contribution in [3.05, 3.63) is 6.92 Å². The van der Waals surface area contributed by atoms with Gasteiger partial charge in [0.1, 0.15) is 0 Å². The van der Waals surface area contributed by atoms with Crippen LogP contribution in [0.2, 0.25) is 0 Å². The lowest BCUT2D eigenvalue weighted by Gasteiger charge is -1.90. The summed E-state index contributed by atoms with van der Waals surface area (Å²) in [5, 5.41) is 0.551. The molecule has 1 heteroatoms. The monoisotopic (exact) mass is 89.0 g/mol. The standard InChI is InChI=1S/C4H9S/c1-4(2)5-3/h4H,1H2,2-3H3. The van der Waals surface area contributed by atoms with Crippen molar-refractivity contribution in [2.75, 3.05) is 6.26 Å². The zero-order valence-electron chi connectivity index (χ0n) is 3.69. The fourth-order valence-electron chi connectivity index (χ4n) is 0. The molecule has 0 bridgehead atoms. The molecule has 0 aliphatic carbocycles. The summed E-state index contributed by atoms with van der Waals surface area (Å²) in [6, 6.07) is 0. The summed E-state index contributed by atoms with van der Waals surface area (Å²) in [7, 11) is 0. The van der Waals surface area contributed by atoms with Crippen molar-refractivity contribution in [2.24, 2.45) is 0 Å². The van der Waals surface area contributed by atoms with E-state index in [-0.39, 0.29) is 0 Å². The summed E-state index contributed by atoms with van der Waals surface area (Å²) in [4.78, 5) is 0. The SMILES string of the molecule is [CH2]C(C)SC. The van der Waals surface area contributed by atoms with Gasteiger partial charge in [-0.25, -0.2) is 0 Å². The maximum Gasteiger partial charge on any atom is 0.00163 e. The maximum absolute atomic E-state index is 3.72. The van der Waals surface area contributed by atoms with Crippen molar-refractivity contribution in [3.8, 4) is 0 Å². The first-order chi connectivity index (χ1) is 2.27. The lowest BCUT2D eigenvalue weighted by Crippen LogP contribution is -1.80. The second kappa shape index (κ2) is 2.58. The molecule has 0 aromatic heterocycles. The van der Waals surface area contributed by atoms with Crippen molar-refractivity contribution < 1.29 is 0 Å². The van der Waals surface area contributed by atoms with Crippen molar-refractivity contribution >= 4 is 11.8 Å². The fourth-order valence-corrected chi connectivity index (χ4v) is 0. The lowest BCUT2D eigenvalue weighted by molar-refractivity contribution is 1.25. The molecule has 0 N–H and O–H groups in total. The fraction of sp³-hybridized carbons (Fsp3) is 0.750. The molecule has 1 radical (unpaired) electrons. The lowest BCUT2D eigenvalue weighted by atomic mass is 10.6. The molecule has 0 rings (SSSR count). The summed E-state index contributed by atoms with van der Waals surface area (Å²) in [5.41, 5.74) is 0. The molecular weight excluding hydrogens is 80.1 g/mol. The largest absolute Gasteiger partial charge is 0.162 e. The van der Waals surface area contributed by atoms with Crippen LogP contribution in [0.15, 0.2) is 0 Å². The first-order valence-corrected chi connectivity index (χ1v) is 2.92. The van der Waals surface area contributed by atoms with Gasteiger partial charge in [-0.3, -0.25) is 0 Å². The highest BCUT2D eigenvalue weighted by molar-refractivity contribution is 7.99. The van der Waals surface area contributed by atoms with Crippen LogP contribution >= 0.6 is 11.8 Å². The average Bonchev–Trinajstić information content (AvgIpc) is 1.38. The van der Waals surface area contributed by atoms with E-state index in [0.717, 1.165) is 0 Å². The Morgan fingerprint density at radius 2 is 2.00 bits per heavy atom. The number of thioether (sulfide) groups is 1. The van der Waals surface area contributed by atoms with E-state index < -0.39 is 0 Å². The Balaban J connectivity index is 2.54. The first kappa shape index (κ1) is 5.35. The van der Waals surface area contributed by atoms with Crippen LogP contribution in [0.3, 0.4) is 0 Å². The van der Waals surface area contributed by atoms with Crippen molar-refractivity contribution in [1.82, 2.24) is 0 Å². The molecule has 0 fully saturated rings. The Hall–Kier alpha value is 0.350. The van der Waals surface area contributed by atoms with Crippen LogP contribution in [0.1, 0.15) is 6.92 Å². The Labute approximate surface area is 38.0 Å². The molecule has 0 spiro atoms. The molecule has 0 aliphatic heterocycles. The molecule has 0 aromatic carbocycles. The van der Waals surface area contributed by atoms with Crippen molar-refractivity contribution in [1.29, 1.82) is 0 Å². The molecule has 0 nitrogen and oxygen atoms in total. The van der Waals surface area contributed by atoms with E-state index in [1.807, 2.05) is 0 Å². The zero-order valence-corrected chi connectivity index (χ0v) is 4.51. The predicted octanol–water partition coefficient (Wildman–Crippen LogP) is 1.57. The molecule has 0 saturated carbocycles. The third kappa shape index (κ3) is 4.35. The van der Waals surface area contributed by atoms with Crippen LogP contribution in [0, 0.1) is 6.92 Å².